The molecule has 0 amide bonds. The predicted octanol–water partition coefficient (Wildman–Crippen LogP) is 6.00. The molecule has 0 bridgehead atoms. The van der Waals surface area contributed by atoms with E-state index in [0.717, 1.165) is 10.9 Å². The average Bonchev–Trinajstić information content (AvgIpc) is 3.13. The van der Waals surface area contributed by atoms with Gasteiger partial charge in [-0.25, -0.2) is 9.38 Å². The maximum Gasteiger partial charge on any atom is 0.179 e. The lowest BCUT2D eigenvalue weighted by Gasteiger charge is -2.20. The van der Waals surface area contributed by atoms with Gasteiger partial charge in [-0.05, 0) is 48.1 Å². The van der Waals surface area contributed by atoms with Gasteiger partial charge in [-0.3, -0.25) is 4.90 Å². The van der Waals surface area contributed by atoms with Gasteiger partial charge in [0, 0.05) is 12.2 Å². The summed E-state index contributed by atoms with van der Waals surface area (Å²) in [6.45, 7) is 0.696. The fraction of sp³-hybridized carbons (Fsp3) is 0.0909. The summed E-state index contributed by atoms with van der Waals surface area (Å²) in [5.41, 5.74) is 2.72. The van der Waals surface area contributed by atoms with Crippen molar-refractivity contribution >= 4 is 45.6 Å². The van der Waals surface area contributed by atoms with Gasteiger partial charge in [0.05, 0.1) is 10.9 Å². The minimum absolute atomic E-state index is 0.218. The van der Waals surface area contributed by atoms with E-state index in [1.165, 1.54) is 17.7 Å². The Balaban J connectivity index is 1.61. The third kappa shape index (κ3) is 4.40. The third-order valence-electron chi connectivity index (χ3n) is 4.30. The highest BCUT2D eigenvalue weighted by Gasteiger charge is 2.32. The lowest BCUT2D eigenvalue weighted by molar-refractivity contribution is 0.627. The number of halogens is 1. The molecular weight excluding hydrogens is 389 g/mol. The molecule has 28 heavy (non-hydrogen) atoms. The van der Waals surface area contributed by atoms with E-state index in [2.05, 4.69) is 17.4 Å². The number of nitrogens with zero attached hydrogens (tertiary/aromatic N) is 2. The molecule has 1 N–H and O–H groups in total. The highest BCUT2D eigenvalue weighted by molar-refractivity contribution is 8.14. The van der Waals surface area contributed by atoms with Crippen LogP contribution < -0.4 is 5.32 Å². The summed E-state index contributed by atoms with van der Waals surface area (Å²) in [4.78, 5) is 6.78. The summed E-state index contributed by atoms with van der Waals surface area (Å²) in [6.07, 6.45) is 0. The second-order valence-corrected chi connectivity index (χ2v) is 7.85. The first-order valence-electron chi connectivity index (χ1n) is 8.88. The Morgan fingerprint density at radius 3 is 2.43 bits per heavy atom. The Morgan fingerprint density at radius 2 is 1.71 bits per heavy atom. The summed E-state index contributed by atoms with van der Waals surface area (Å²) in [5, 5.41) is 4.69. The van der Waals surface area contributed by atoms with Gasteiger partial charge in [0.25, 0.3) is 0 Å². The van der Waals surface area contributed by atoms with Crippen LogP contribution in [-0.2, 0) is 0 Å². The number of para-hydroxylation sites is 1. The van der Waals surface area contributed by atoms with Gasteiger partial charge >= 0.3 is 0 Å². The summed E-state index contributed by atoms with van der Waals surface area (Å²) in [7, 11) is 0. The minimum atomic E-state index is -0.302. The van der Waals surface area contributed by atoms with Crippen molar-refractivity contribution in [2.75, 3.05) is 11.9 Å². The van der Waals surface area contributed by atoms with Crippen molar-refractivity contribution in [3.63, 3.8) is 0 Å². The van der Waals surface area contributed by atoms with Gasteiger partial charge in [0.1, 0.15) is 5.82 Å². The van der Waals surface area contributed by atoms with Gasteiger partial charge in [0.15, 0.2) is 10.3 Å². The van der Waals surface area contributed by atoms with Crippen molar-refractivity contribution in [3.8, 4) is 0 Å². The number of amidine groups is 1. The Bertz CT molecular complexity index is 993. The van der Waals surface area contributed by atoms with Crippen LogP contribution in [0.4, 0.5) is 15.8 Å². The number of thioether (sulfide) groups is 1. The summed E-state index contributed by atoms with van der Waals surface area (Å²) >= 11 is 7.32. The van der Waals surface area contributed by atoms with Crippen molar-refractivity contribution in [2.24, 2.45) is 4.99 Å². The molecule has 1 heterocycles. The lowest BCUT2D eigenvalue weighted by atomic mass is 10.1. The summed E-state index contributed by atoms with van der Waals surface area (Å²) in [6, 6.07) is 26.4. The van der Waals surface area contributed by atoms with Gasteiger partial charge < -0.3 is 5.32 Å². The van der Waals surface area contributed by atoms with Crippen molar-refractivity contribution in [1.29, 1.82) is 0 Å². The molecule has 0 aromatic heterocycles. The first kappa shape index (κ1) is 18.7. The van der Waals surface area contributed by atoms with Crippen LogP contribution in [0.15, 0.2) is 89.9 Å². The minimum Gasteiger partial charge on any atom is -0.332 e. The molecule has 3 nitrogen and oxygen atoms in total. The smallest absolute Gasteiger partial charge is 0.179 e. The zero-order chi connectivity index (χ0) is 19.3. The number of nitrogens with one attached hydrogen (secondary N) is 1. The molecule has 1 unspecified atom stereocenters. The number of rotatable bonds is 3. The van der Waals surface area contributed by atoms with Gasteiger partial charge in [-0.2, -0.15) is 0 Å². The van der Waals surface area contributed by atoms with E-state index >= 15 is 0 Å². The molecule has 1 atom stereocenters. The molecule has 1 fully saturated rings. The first-order valence-corrected chi connectivity index (χ1v) is 10.2. The lowest BCUT2D eigenvalue weighted by Crippen LogP contribution is -2.35. The largest absolute Gasteiger partial charge is 0.332 e. The molecule has 1 aliphatic heterocycles. The monoisotopic (exact) mass is 407 g/mol. The van der Waals surface area contributed by atoms with Crippen molar-refractivity contribution < 1.29 is 4.39 Å². The average molecular weight is 408 g/mol. The Hall–Kier alpha value is -2.70. The van der Waals surface area contributed by atoms with Crippen molar-refractivity contribution in [2.45, 2.75) is 5.25 Å². The summed E-state index contributed by atoms with van der Waals surface area (Å²) in [5.74, 6) is -0.302. The molecule has 3 aromatic rings. The zero-order valence-electron chi connectivity index (χ0n) is 15.0. The van der Waals surface area contributed by atoms with Crippen molar-refractivity contribution in [1.82, 2.24) is 4.90 Å². The SMILES string of the molecule is Fc1cccc(NC(=S)N2CC(c3ccccc3)SC2=Nc2ccccc2)c1. The maximum atomic E-state index is 13.5. The summed E-state index contributed by atoms with van der Waals surface area (Å²) < 4.78 is 13.5. The van der Waals surface area contributed by atoms with E-state index in [-0.39, 0.29) is 11.1 Å². The molecular formula is C22H18FN3S2. The number of anilines is 1. The van der Waals surface area contributed by atoms with Crippen LogP contribution in [0.5, 0.6) is 0 Å². The molecule has 1 aliphatic rings. The third-order valence-corrected chi connectivity index (χ3v) is 5.85. The molecule has 0 aliphatic carbocycles. The fourth-order valence-corrected chi connectivity index (χ4v) is 4.50. The fourth-order valence-electron chi connectivity index (χ4n) is 2.94. The van der Waals surface area contributed by atoms with E-state index in [9.17, 15) is 4.39 Å². The topological polar surface area (TPSA) is 27.6 Å². The quantitative estimate of drug-likeness (QED) is 0.539. The molecule has 140 valence electrons. The molecule has 1 saturated heterocycles. The Morgan fingerprint density at radius 1 is 1.00 bits per heavy atom. The Kier molecular flexibility index (Phi) is 5.69. The molecule has 0 spiro atoms. The van der Waals surface area contributed by atoms with Crippen LogP contribution in [-0.4, -0.2) is 21.7 Å². The van der Waals surface area contributed by atoms with E-state index in [0.29, 0.717) is 17.3 Å². The van der Waals surface area contributed by atoms with E-state index in [1.807, 2.05) is 53.4 Å². The van der Waals surface area contributed by atoms with Crippen molar-refractivity contribution in [3.05, 3.63) is 96.3 Å². The molecule has 0 radical (unpaired) electrons. The number of aliphatic imine (C=N–C) groups is 1. The number of thiocarbonyl (C=S) groups is 1. The predicted molar refractivity (Wildman–Crippen MR) is 120 cm³/mol. The first-order chi connectivity index (χ1) is 13.7. The van der Waals surface area contributed by atoms with Gasteiger partial charge in [-0.1, -0.05) is 66.4 Å². The van der Waals surface area contributed by atoms with Gasteiger partial charge in [-0.15, -0.1) is 0 Å². The molecule has 6 heteroatoms. The van der Waals surface area contributed by atoms with E-state index < -0.39 is 0 Å². The number of benzene rings is 3. The highest BCUT2D eigenvalue weighted by atomic mass is 32.2. The maximum absolute atomic E-state index is 13.5. The zero-order valence-corrected chi connectivity index (χ0v) is 16.6. The molecule has 4 rings (SSSR count). The molecule has 0 saturated carbocycles. The number of hydrogen-bond acceptors (Lipinski definition) is 3. The van der Waals surface area contributed by atoms with Crippen LogP contribution in [0.2, 0.25) is 0 Å². The van der Waals surface area contributed by atoms with Crippen LogP contribution in [0.25, 0.3) is 0 Å². The standard InChI is InChI=1S/C22H18FN3S2/c23-17-10-7-13-19(14-17)24-21(27)26-15-20(16-8-3-1-4-9-16)28-22(26)25-18-11-5-2-6-12-18/h1-14,20H,15H2,(H,24,27). The normalized spacial score (nSPS) is 17.7. The van der Waals surface area contributed by atoms with Crippen LogP contribution in [0.1, 0.15) is 10.8 Å². The second-order valence-electron chi connectivity index (χ2n) is 6.30. The highest BCUT2D eigenvalue weighted by Crippen LogP contribution is 2.39. The Labute approximate surface area is 173 Å². The van der Waals surface area contributed by atoms with Crippen LogP contribution in [0.3, 0.4) is 0 Å². The van der Waals surface area contributed by atoms with E-state index in [1.54, 1.807) is 23.9 Å². The van der Waals surface area contributed by atoms with Crippen LogP contribution in [0, 0.1) is 5.82 Å². The number of hydrogen-bond donors (Lipinski definition) is 1. The molecule has 3 aromatic carbocycles. The van der Waals surface area contributed by atoms with Gasteiger partial charge in [0.2, 0.25) is 0 Å². The second kappa shape index (κ2) is 8.54. The van der Waals surface area contributed by atoms with E-state index in [4.69, 9.17) is 17.2 Å². The van der Waals surface area contributed by atoms with Crippen LogP contribution >= 0.6 is 24.0 Å².